The molecule has 2 aliphatic heterocycles. The predicted molar refractivity (Wildman–Crippen MR) is 39.0 cm³/mol. The second-order valence-electron chi connectivity index (χ2n) is 3.19. The van der Waals surface area contributed by atoms with E-state index in [4.69, 9.17) is 4.74 Å². The van der Waals surface area contributed by atoms with Crippen LogP contribution in [0.4, 0.5) is 0 Å². The van der Waals surface area contributed by atoms with E-state index in [1.165, 1.54) is 0 Å². The van der Waals surface area contributed by atoms with Gasteiger partial charge in [-0.2, -0.15) is 0 Å². The van der Waals surface area contributed by atoms with E-state index >= 15 is 0 Å². The number of hydrogen-bond donors (Lipinski definition) is 1. The summed E-state index contributed by atoms with van der Waals surface area (Å²) in [7, 11) is 2.14. The smallest absolute Gasteiger partial charge is 0.0867 e. The number of nitrogens with zero attached hydrogens (tertiary/aromatic N) is 1. The van der Waals surface area contributed by atoms with Crippen molar-refractivity contribution in [2.24, 2.45) is 0 Å². The zero-order valence-electron chi connectivity index (χ0n) is 6.34. The first-order chi connectivity index (χ1) is 4.86. The summed E-state index contributed by atoms with van der Waals surface area (Å²) in [6.07, 6.45) is 0.457. The van der Waals surface area contributed by atoms with Crippen LogP contribution in [0.25, 0.3) is 0 Å². The van der Waals surface area contributed by atoms with Gasteiger partial charge in [0.05, 0.1) is 12.7 Å². The Balaban J connectivity index is 1.97. The van der Waals surface area contributed by atoms with Crippen LogP contribution in [0.2, 0.25) is 0 Å². The van der Waals surface area contributed by atoms with Crippen molar-refractivity contribution in [3.05, 3.63) is 0 Å². The molecular formula is C7H14N2O. The normalized spacial score (nSPS) is 41.7. The molecule has 2 saturated heterocycles. The van der Waals surface area contributed by atoms with Crippen LogP contribution in [-0.4, -0.2) is 50.3 Å². The fourth-order valence-electron chi connectivity index (χ4n) is 1.78. The molecule has 0 bridgehead atoms. The summed E-state index contributed by atoms with van der Waals surface area (Å²) in [5.41, 5.74) is 0. The standard InChI is InChI=1S/C7H14N2O/c1-9-4-6-7(5-9)10-3-2-8-6/h6-8H,2-5H2,1H3/t6-,7+/m0/s1. The van der Waals surface area contributed by atoms with Crippen LogP contribution in [0.5, 0.6) is 0 Å². The van der Waals surface area contributed by atoms with Crippen molar-refractivity contribution in [2.75, 3.05) is 33.3 Å². The number of ether oxygens (including phenoxy) is 1. The number of likely N-dealkylation sites (N-methyl/N-ethyl adjacent to an activating group) is 1. The fraction of sp³-hybridized carbons (Fsp3) is 1.00. The third-order valence-electron chi connectivity index (χ3n) is 2.29. The number of hydrogen-bond acceptors (Lipinski definition) is 3. The summed E-state index contributed by atoms with van der Waals surface area (Å²) in [5, 5.41) is 3.44. The monoisotopic (exact) mass is 142 g/mol. The molecule has 0 saturated carbocycles. The number of fused-ring (bicyclic) bond motifs is 1. The first kappa shape index (κ1) is 6.58. The molecule has 10 heavy (non-hydrogen) atoms. The van der Waals surface area contributed by atoms with Gasteiger partial charge in [0.15, 0.2) is 0 Å². The molecule has 0 spiro atoms. The van der Waals surface area contributed by atoms with Gasteiger partial charge >= 0.3 is 0 Å². The van der Waals surface area contributed by atoms with Gasteiger partial charge in [0, 0.05) is 25.7 Å². The number of rotatable bonds is 0. The van der Waals surface area contributed by atoms with Crippen molar-refractivity contribution in [1.82, 2.24) is 10.2 Å². The van der Waals surface area contributed by atoms with Crippen molar-refractivity contribution in [1.29, 1.82) is 0 Å². The summed E-state index contributed by atoms with van der Waals surface area (Å²) in [4.78, 5) is 2.31. The van der Waals surface area contributed by atoms with E-state index in [1.54, 1.807) is 0 Å². The molecule has 0 amide bonds. The van der Waals surface area contributed by atoms with Gasteiger partial charge in [0.1, 0.15) is 0 Å². The predicted octanol–water partition coefficient (Wildman–Crippen LogP) is -0.711. The first-order valence-corrected chi connectivity index (χ1v) is 3.90. The molecule has 2 aliphatic rings. The zero-order chi connectivity index (χ0) is 6.97. The molecule has 3 nitrogen and oxygen atoms in total. The van der Waals surface area contributed by atoms with Gasteiger partial charge in [0.2, 0.25) is 0 Å². The molecule has 0 aromatic carbocycles. The lowest BCUT2D eigenvalue weighted by Gasteiger charge is -2.25. The molecule has 2 fully saturated rings. The molecule has 2 heterocycles. The Morgan fingerprint density at radius 2 is 2.40 bits per heavy atom. The summed E-state index contributed by atoms with van der Waals surface area (Å²) < 4.78 is 5.57. The van der Waals surface area contributed by atoms with Crippen LogP contribution in [-0.2, 0) is 4.74 Å². The average molecular weight is 142 g/mol. The Bertz CT molecular complexity index is 115. The van der Waals surface area contributed by atoms with Gasteiger partial charge in [-0.3, -0.25) is 0 Å². The van der Waals surface area contributed by atoms with Gasteiger partial charge in [-0.25, -0.2) is 0 Å². The summed E-state index contributed by atoms with van der Waals surface area (Å²) >= 11 is 0. The van der Waals surface area contributed by atoms with E-state index < -0.39 is 0 Å². The first-order valence-electron chi connectivity index (χ1n) is 3.90. The Hall–Kier alpha value is -0.120. The maximum atomic E-state index is 5.57. The molecule has 0 aromatic heterocycles. The van der Waals surface area contributed by atoms with E-state index in [0.717, 1.165) is 26.2 Å². The lowest BCUT2D eigenvalue weighted by molar-refractivity contribution is 0.0184. The zero-order valence-corrected chi connectivity index (χ0v) is 6.34. The Morgan fingerprint density at radius 1 is 1.50 bits per heavy atom. The van der Waals surface area contributed by atoms with Crippen molar-refractivity contribution in [3.63, 3.8) is 0 Å². The third kappa shape index (κ3) is 1.05. The van der Waals surface area contributed by atoms with Crippen molar-refractivity contribution in [3.8, 4) is 0 Å². The molecule has 2 rings (SSSR count). The molecule has 0 unspecified atom stereocenters. The van der Waals surface area contributed by atoms with E-state index in [-0.39, 0.29) is 0 Å². The minimum atomic E-state index is 0.457. The summed E-state index contributed by atoms with van der Waals surface area (Å²) in [6.45, 7) is 4.15. The maximum Gasteiger partial charge on any atom is 0.0867 e. The molecule has 0 aliphatic carbocycles. The lowest BCUT2D eigenvalue weighted by atomic mass is 10.2. The van der Waals surface area contributed by atoms with Crippen molar-refractivity contribution in [2.45, 2.75) is 12.1 Å². The average Bonchev–Trinajstić information content (AvgIpc) is 2.27. The van der Waals surface area contributed by atoms with Crippen LogP contribution in [0.1, 0.15) is 0 Å². The van der Waals surface area contributed by atoms with Crippen LogP contribution >= 0.6 is 0 Å². The number of morpholine rings is 1. The molecule has 0 aromatic rings. The highest BCUT2D eigenvalue weighted by molar-refractivity contribution is 4.90. The molecular weight excluding hydrogens is 128 g/mol. The van der Waals surface area contributed by atoms with Gasteiger partial charge in [-0.15, -0.1) is 0 Å². The van der Waals surface area contributed by atoms with Crippen molar-refractivity contribution >= 4 is 0 Å². The van der Waals surface area contributed by atoms with E-state index in [1.807, 2.05) is 0 Å². The van der Waals surface area contributed by atoms with Gasteiger partial charge in [-0.05, 0) is 7.05 Å². The van der Waals surface area contributed by atoms with Gasteiger partial charge in [-0.1, -0.05) is 0 Å². The van der Waals surface area contributed by atoms with Crippen molar-refractivity contribution < 1.29 is 4.74 Å². The van der Waals surface area contributed by atoms with Gasteiger partial charge < -0.3 is 15.0 Å². The molecule has 0 radical (unpaired) electrons. The quantitative estimate of drug-likeness (QED) is 0.483. The third-order valence-corrected chi connectivity index (χ3v) is 2.29. The minimum Gasteiger partial charge on any atom is -0.374 e. The Labute approximate surface area is 61.3 Å². The lowest BCUT2D eigenvalue weighted by Crippen LogP contribution is -2.47. The van der Waals surface area contributed by atoms with E-state index in [0.29, 0.717) is 12.1 Å². The summed E-state index contributed by atoms with van der Waals surface area (Å²) in [6, 6.07) is 0.596. The number of likely N-dealkylation sites (tertiary alicyclic amines) is 1. The number of nitrogens with one attached hydrogen (secondary N) is 1. The van der Waals surface area contributed by atoms with Crippen LogP contribution in [0.15, 0.2) is 0 Å². The van der Waals surface area contributed by atoms with E-state index in [2.05, 4.69) is 17.3 Å². The van der Waals surface area contributed by atoms with Gasteiger partial charge in [0.25, 0.3) is 0 Å². The van der Waals surface area contributed by atoms with Crippen LogP contribution in [0, 0.1) is 0 Å². The highest BCUT2D eigenvalue weighted by Gasteiger charge is 2.33. The Kier molecular flexibility index (Phi) is 1.64. The SMILES string of the molecule is CN1C[C@@H]2NCCO[C@@H]2C1. The second kappa shape index (κ2) is 2.49. The van der Waals surface area contributed by atoms with Crippen LogP contribution < -0.4 is 5.32 Å². The highest BCUT2D eigenvalue weighted by atomic mass is 16.5. The largest absolute Gasteiger partial charge is 0.374 e. The second-order valence-corrected chi connectivity index (χ2v) is 3.19. The fourth-order valence-corrected chi connectivity index (χ4v) is 1.78. The molecule has 58 valence electrons. The maximum absolute atomic E-state index is 5.57. The highest BCUT2D eigenvalue weighted by Crippen LogP contribution is 2.13. The van der Waals surface area contributed by atoms with E-state index in [9.17, 15) is 0 Å². The van der Waals surface area contributed by atoms with Crippen LogP contribution in [0.3, 0.4) is 0 Å². The summed E-state index contributed by atoms with van der Waals surface area (Å²) in [5.74, 6) is 0. The molecule has 1 N–H and O–H groups in total. The topological polar surface area (TPSA) is 24.5 Å². The minimum absolute atomic E-state index is 0.457. The Morgan fingerprint density at radius 3 is 3.20 bits per heavy atom. The molecule has 3 heteroatoms. The molecule has 2 atom stereocenters.